The molecule has 0 amide bonds. The Morgan fingerprint density at radius 1 is 1.40 bits per heavy atom. The van der Waals surface area contributed by atoms with Crippen molar-refractivity contribution >= 4 is 5.78 Å². The lowest BCUT2D eigenvalue weighted by molar-refractivity contribution is 0.0944. The summed E-state index contributed by atoms with van der Waals surface area (Å²) in [5.41, 5.74) is 1.74. The highest BCUT2D eigenvalue weighted by atomic mass is 16.1. The summed E-state index contributed by atoms with van der Waals surface area (Å²) in [4.78, 5) is 12.4. The van der Waals surface area contributed by atoms with Gasteiger partial charge in [-0.05, 0) is 55.7 Å². The van der Waals surface area contributed by atoms with Gasteiger partial charge in [0.15, 0.2) is 5.78 Å². The average molecular weight is 273 g/mol. The van der Waals surface area contributed by atoms with Gasteiger partial charge in [-0.1, -0.05) is 13.3 Å². The van der Waals surface area contributed by atoms with Gasteiger partial charge in [0.25, 0.3) is 0 Å². The molecule has 0 aromatic carbocycles. The zero-order valence-electron chi connectivity index (χ0n) is 12.1. The third-order valence-corrected chi connectivity index (χ3v) is 4.55. The first kappa shape index (κ1) is 13.7. The molecular formula is C16H23N3O. The van der Waals surface area contributed by atoms with Gasteiger partial charge in [0.2, 0.25) is 0 Å². The van der Waals surface area contributed by atoms with Crippen LogP contribution in [-0.2, 0) is 0 Å². The molecule has 108 valence electrons. The predicted molar refractivity (Wildman–Crippen MR) is 77.8 cm³/mol. The van der Waals surface area contributed by atoms with Crippen LogP contribution in [0.25, 0.3) is 0 Å². The van der Waals surface area contributed by atoms with E-state index < -0.39 is 0 Å². The van der Waals surface area contributed by atoms with Crippen LogP contribution in [0.4, 0.5) is 0 Å². The van der Waals surface area contributed by atoms with E-state index in [9.17, 15) is 4.79 Å². The van der Waals surface area contributed by atoms with Gasteiger partial charge in [-0.15, -0.1) is 5.10 Å². The minimum atomic E-state index is 0.139. The Labute approximate surface area is 120 Å². The minimum absolute atomic E-state index is 0.139. The van der Waals surface area contributed by atoms with E-state index >= 15 is 0 Å². The standard InChI is InChI=1S/C16H23N3O/c1-11(14-4-2-3-7-17-14)8-16(20)15-9-13(10-18-19-15)12-5-6-12/h9-12,14,17H,2-8H2,1H3. The molecule has 1 N–H and O–H groups in total. The second-order valence-electron chi connectivity index (χ2n) is 6.31. The average Bonchev–Trinajstić information content (AvgIpc) is 3.33. The number of aromatic nitrogens is 2. The maximum absolute atomic E-state index is 12.4. The number of Topliss-reactive ketones (excluding diaryl/α,β-unsaturated/α-hetero) is 1. The lowest BCUT2D eigenvalue weighted by Crippen LogP contribution is -2.39. The summed E-state index contributed by atoms with van der Waals surface area (Å²) >= 11 is 0. The van der Waals surface area contributed by atoms with Gasteiger partial charge in [-0.2, -0.15) is 5.10 Å². The molecule has 1 saturated heterocycles. The number of nitrogens with zero attached hydrogens (tertiary/aromatic N) is 2. The molecule has 2 fully saturated rings. The van der Waals surface area contributed by atoms with Crippen LogP contribution in [0.2, 0.25) is 0 Å². The second-order valence-corrected chi connectivity index (χ2v) is 6.31. The molecule has 4 heteroatoms. The summed E-state index contributed by atoms with van der Waals surface area (Å²) in [7, 11) is 0. The van der Waals surface area contributed by atoms with Gasteiger partial charge in [0.1, 0.15) is 5.69 Å². The van der Waals surface area contributed by atoms with Crippen molar-refractivity contribution in [2.24, 2.45) is 5.92 Å². The Kier molecular flexibility index (Phi) is 4.10. The molecular weight excluding hydrogens is 250 g/mol. The largest absolute Gasteiger partial charge is 0.314 e. The summed E-state index contributed by atoms with van der Waals surface area (Å²) in [6.07, 6.45) is 8.53. The number of ketones is 1. The van der Waals surface area contributed by atoms with Crippen molar-refractivity contribution < 1.29 is 4.79 Å². The number of carbonyl (C=O) groups is 1. The number of rotatable bonds is 5. The van der Waals surface area contributed by atoms with Crippen molar-refractivity contribution in [3.05, 3.63) is 23.5 Å². The molecule has 4 nitrogen and oxygen atoms in total. The molecule has 0 spiro atoms. The van der Waals surface area contributed by atoms with E-state index in [0.29, 0.717) is 30.0 Å². The highest BCUT2D eigenvalue weighted by molar-refractivity contribution is 5.94. The molecule has 0 radical (unpaired) electrons. The van der Waals surface area contributed by atoms with Crippen molar-refractivity contribution in [2.75, 3.05) is 6.54 Å². The zero-order valence-corrected chi connectivity index (χ0v) is 12.1. The first-order chi connectivity index (χ1) is 9.74. The van der Waals surface area contributed by atoms with Crippen molar-refractivity contribution in [1.29, 1.82) is 0 Å². The molecule has 3 rings (SSSR count). The molecule has 1 aliphatic heterocycles. The Morgan fingerprint density at radius 3 is 2.95 bits per heavy atom. The smallest absolute Gasteiger partial charge is 0.183 e. The number of piperidine rings is 1. The first-order valence-corrected chi connectivity index (χ1v) is 7.83. The second kappa shape index (κ2) is 6.00. The van der Waals surface area contributed by atoms with Crippen LogP contribution >= 0.6 is 0 Å². The molecule has 2 heterocycles. The number of nitrogens with one attached hydrogen (secondary N) is 1. The monoisotopic (exact) mass is 273 g/mol. The van der Waals surface area contributed by atoms with Crippen LogP contribution in [-0.4, -0.2) is 28.6 Å². The van der Waals surface area contributed by atoms with Gasteiger partial charge < -0.3 is 5.32 Å². The van der Waals surface area contributed by atoms with Gasteiger partial charge in [-0.25, -0.2) is 0 Å². The van der Waals surface area contributed by atoms with Crippen molar-refractivity contribution in [2.45, 2.75) is 57.4 Å². The maximum atomic E-state index is 12.4. The van der Waals surface area contributed by atoms with E-state index in [1.807, 2.05) is 6.07 Å². The molecule has 1 aromatic rings. The fraction of sp³-hybridized carbons (Fsp3) is 0.688. The maximum Gasteiger partial charge on any atom is 0.183 e. The van der Waals surface area contributed by atoms with Gasteiger partial charge in [-0.3, -0.25) is 4.79 Å². The fourth-order valence-corrected chi connectivity index (χ4v) is 3.06. The summed E-state index contributed by atoms with van der Waals surface area (Å²) < 4.78 is 0. The highest BCUT2D eigenvalue weighted by Crippen LogP contribution is 2.39. The molecule has 1 aliphatic carbocycles. The molecule has 0 bridgehead atoms. The summed E-state index contributed by atoms with van der Waals surface area (Å²) in [5, 5.41) is 11.6. The van der Waals surface area contributed by atoms with E-state index in [2.05, 4.69) is 22.4 Å². The summed E-state index contributed by atoms with van der Waals surface area (Å²) in [6, 6.07) is 2.43. The lowest BCUT2D eigenvalue weighted by Gasteiger charge is -2.28. The van der Waals surface area contributed by atoms with Crippen LogP contribution in [0.15, 0.2) is 12.3 Å². The van der Waals surface area contributed by atoms with E-state index in [-0.39, 0.29) is 5.78 Å². The topological polar surface area (TPSA) is 54.9 Å². The summed E-state index contributed by atoms with van der Waals surface area (Å²) in [5.74, 6) is 1.13. The van der Waals surface area contributed by atoms with Gasteiger partial charge >= 0.3 is 0 Å². The van der Waals surface area contributed by atoms with E-state index in [4.69, 9.17) is 0 Å². The molecule has 1 aromatic heterocycles. The van der Waals surface area contributed by atoms with E-state index in [0.717, 1.165) is 6.54 Å². The Morgan fingerprint density at radius 2 is 2.25 bits per heavy atom. The third kappa shape index (κ3) is 3.23. The van der Waals surface area contributed by atoms with E-state index in [1.165, 1.54) is 37.7 Å². The van der Waals surface area contributed by atoms with Crippen LogP contribution < -0.4 is 5.32 Å². The SMILES string of the molecule is CC(CC(=O)c1cc(C2CC2)cnn1)C1CCCCN1. The fourth-order valence-electron chi connectivity index (χ4n) is 3.06. The zero-order chi connectivity index (χ0) is 13.9. The van der Waals surface area contributed by atoms with Crippen LogP contribution in [0, 0.1) is 5.92 Å². The minimum Gasteiger partial charge on any atom is -0.314 e. The third-order valence-electron chi connectivity index (χ3n) is 4.55. The Hall–Kier alpha value is -1.29. The quantitative estimate of drug-likeness (QED) is 0.838. The first-order valence-electron chi connectivity index (χ1n) is 7.83. The highest BCUT2D eigenvalue weighted by Gasteiger charge is 2.26. The number of hydrogen-bond acceptors (Lipinski definition) is 4. The number of carbonyl (C=O) groups excluding carboxylic acids is 1. The van der Waals surface area contributed by atoms with Crippen LogP contribution in [0.5, 0.6) is 0 Å². The number of hydrogen-bond donors (Lipinski definition) is 1. The molecule has 20 heavy (non-hydrogen) atoms. The lowest BCUT2D eigenvalue weighted by atomic mass is 9.89. The van der Waals surface area contributed by atoms with Crippen molar-refractivity contribution in [3.63, 3.8) is 0 Å². The van der Waals surface area contributed by atoms with Gasteiger partial charge in [0, 0.05) is 12.5 Å². The Balaban J connectivity index is 1.61. The molecule has 2 atom stereocenters. The van der Waals surface area contributed by atoms with Crippen LogP contribution in [0.1, 0.15) is 67.4 Å². The molecule has 1 saturated carbocycles. The predicted octanol–water partition coefficient (Wildman–Crippen LogP) is 2.71. The molecule has 2 unspecified atom stereocenters. The summed E-state index contributed by atoms with van der Waals surface area (Å²) in [6.45, 7) is 3.25. The Bertz CT molecular complexity index is 478. The van der Waals surface area contributed by atoms with Gasteiger partial charge in [0.05, 0.1) is 6.20 Å². The van der Waals surface area contributed by atoms with E-state index in [1.54, 1.807) is 6.20 Å². The van der Waals surface area contributed by atoms with Crippen molar-refractivity contribution in [3.8, 4) is 0 Å². The normalized spacial score (nSPS) is 24.4. The van der Waals surface area contributed by atoms with Crippen molar-refractivity contribution in [1.82, 2.24) is 15.5 Å². The van der Waals surface area contributed by atoms with Crippen LogP contribution in [0.3, 0.4) is 0 Å². The molecule has 2 aliphatic rings.